The van der Waals surface area contributed by atoms with Crippen molar-refractivity contribution in [2.45, 2.75) is 50.9 Å². The summed E-state index contributed by atoms with van der Waals surface area (Å²) in [6.45, 7) is 0. The minimum Gasteiger partial charge on any atom is -0.197 e. The maximum absolute atomic E-state index is 9.34. The molecule has 0 N–H and O–H groups in total. The van der Waals surface area contributed by atoms with Gasteiger partial charge in [0.2, 0.25) is 0 Å². The van der Waals surface area contributed by atoms with Gasteiger partial charge in [0, 0.05) is 5.92 Å². The van der Waals surface area contributed by atoms with Gasteiger partial charge in [-0.05, 0) is 24.3 Å². The smallest absolute Gasteiger partial charge is 0.140 e. The third kappa shape index (κ3) is 3.61. The Morgan fingerprint density at radius 2 is 1.40 bits per heavy atom. The van der Waals surface area contributed by atoms with E-state index in [1.807, 2.05) is 18.2 Å². The van der Waals surface area contributed by atoms with Gasteiger partial charge in [-0.1, -0.05) is 62.4 Å². The molecule has 0 radical (unpaired) electrons. The number of nitrogens with zero attached hydrogens (tertiary/aromatic N) is 2. The first-order valence-corrected chi connectivity index (χ1v) is 7.71. The van der Waals surface area contributed by atoms with Crippen LogP contribution in [0.5, 0.6) is 0 Å². The van der Waals surface area contributed by atoms with Crippen molar-refractivity contribution in [2.75, 3.05) is 0 Å². The molecule has 0 bridgehead atoms. The molecule has 1 aromatic carbocycles. The highest BCUT2D eigenvalue weighted by Crippen LogP contribution is 2.39. The third-order valence-electron chi connectivity index (χ3n) is 4.48. The van der Waals surface area contributed by atoms with Gasteiger partial charge in [0.15, 0.2) is 0 Å². The summed E-state index contributed by atoms with van der Waals surface area (Å²) < 4.78 is 0. The molecule has 1 unspecified atom stereocenters. The third-order valence-corrected chi connectivity index (χ3v) is 4.48. The van der Waals surface area contributed by atoms with Crippen LogP contribution in [0.15, 0.2) is 30.3 Å². The Morgan fingerprint density at radius 3 is 1.95 bits per heavy atom. The van der Waals surface area contributed by atoms with Crippen LogP contribution in [0.25, 0.3) is 0 Å². The van der Waals surface area contributed by atoms with Crippen LogP contribution in [0.1, 0.15) is 56.4 Å². The van der Waals surface area contributed by atoms with Crippen LogP contribution in [0, 0.1) is 34.5 Å². The second-order valence-electron chi connectivity index (χ2n) is 5.78. The number of hydrogen-bond donors (Lipinski definition) is 0. The Kier molecular flexibility index (Phi) is 5.63. The number of nitriles is 2. The van der Waals surface area contributed by atoms with Gasteiger partial charge in [-0.25, -0.2) is 0 Å². The normalized spacial score (nSPS) is 18.6. The lowest BCUT2D eigenvalue weighted by Gasteiger charge is -2.29. The Balaban J connectivity index is 2.26. The van der Waals surface area contributed by atoms with Crippen LogP contribution in [-0.4, -0.2) is 0 Å². The molecule has 1 aliphatic rings. The summed E-state index contributed by atoms with van der Waals surface area (Å²) in [5.41, 5.74) is 1.16. The van der Waals surface area contributed by atoms with E-state index in [-0.39, 0.29) is 5.92 Å². The minimum atomic E-state index is -0.526. The topological polar surface area (TPSA) is 47.6 Å². The van der Waals surface area contributed by atoms with Gasteiger partial charge in [0.05, 0.1) is 12.1 Å². The number of hydrogen-bond acceptors (Lipinski definition) is 2. The first-order valence-electron chi connectivity index (χ1n) is 7.71. The van der Waals surface area contributed by atoms with Crippen molar-refractivity contribution in [1.82, 2.24) is 0 Å². The van der Waals surface area contributed by atoms with Crippen molar-refractivity contribution in [3.8, 4) is 12.1 Å². The van der Waals surface area contributed by atoms with Gasteiger partial charge in [-0.3, -0.25) is 0 Å². The molecular formula is C18H22N2. The molecule has 0 aliphatic heterocycles. The van der Waals surface area contributed by atoms with Crippen LogP contribution in [0.2, 0.25) is 0 Å². The van der Waals surface area contributed by atoms with Crippen molar-refractivity contribution < 1.29 is 0 Å². The second-order valence-corrected chi connectivity index (χ2v) is 5.78. The van der Waals surface area contributed by atoms with E-state index in [0.29, 0.717) is 5.92 Å². The van der Waals surface area contributed by atoms with Gasteiger partial charge < -0.3 is 0 Å². The average molecular weight is 266 g/mol. The lowest BCUT2D eigenvalue weighted by Crippen LogP contribution is -2.21. The molecule has 2 nitrogen and oxygen atoms in total. The molecule has 1 saturated carbocycles. The molecule has 1 fully saturated rings. The first kappa shape index (κ1) is 14.6. The summed E-state index contributed by atoms with van der Waals surface area (Å²) >= 11 is 0. The fourth-order valence-electron chi connectivity index (χ4n) is 3.45. The zero-order valence-corrected chi connectivity index (χ0v) is 12.0. The van der Waals surface area contributed by atoms with E-state index >= 15 is 0 Å². The zero-order chi connectivity index (χ0) is 14.2. The van der Waals surface area contributed by atoms with E-state index in [1.165, 1.54) is 32.1 Å². The van der Waals surface area contributed by atoms with Crippen LogP contribution in [0.4, 0.5) is 0 Å². The van der Waals surface area contributed by atoms with Gasteiger partial charge in [0.1, 0.15) is 5.92 Å². The van der Waals surface area contributed by atoms with Crippen LogP contribution in [-0.2, 0) is 0 Å². The van der Waals surface area contributed by atoms with Crippen molar-refractivity contribution in [3.05, 3.63) is 35.9 Å². The Hall–Kier alpha value is -1.80. The number of benzene rings is 1. The quantitative estimate of drug-likeness (QED) is 0.789. The van der Waals surface area contributed by atoms with E-state index in [0.717, 1.165) is 18.4 Å². The molecule has 20 heavy (non-hydrogen) atoms. The fraction of sp³-hybridized carbons (Fsp3) is 0.556. The van der Waals surface area contributed by atoms with Crippen molar-refractivity contribution in [2.24, 2.45) is 11.8 Å². The highest BCUT2D eigenvalue weighted by atomic mass is 14.4. The van der Waals surface area contributed by atoms with Gasteiger partial charge in [0.25, 0.3) is 0 Å². The summed E-state index contributed by atoms with van der Waals surface area (Å²) in [7, 11) is 0. The molecule has 2 heteroatoms. The highest BCUT2D eigenvalue weighted by Gasteiger charge is 2.31. The van der Waals surface area contributed by atoms with Crippen molar-refractivity contribution in [3.63, 3.8) is 0 Å². The molecule has 104 valence electrons. The second kappa shape index (κ2) is 7.71. The largest absolute Gasteiger partial charge is 0.197 e. The Morgan fingerprint density at radius 1 is 0.850 bits per heavy atom. The average Bonchev–Trinajstić information content (AvgIpc) is 2.46. The van der Waals surface area contributed by atoms with Crippen molar-refractivity contribution in [1.29, 1.82) is 10.5 Å². The van der Waals surface area contributed by atoms with Crippen molar-refractivity contribution >= 4 is 0 Å². The summed E-state index contributed by atoms with van der Waals surface area (Å²) in [5, 5.41) is 18.7. The van der Waals surface area contributed by atoms with Gasteiger partial charge >= 0.3 is 0 Å². The number of rotatable bonds is 3. The molecule has 1 atom stereocenters. The standard InChI is InChI=1S/C18H22N2/c19-13-17(14-20)18(16-11-7-4-8-12-16)15-9-5-2-1-3-6-10-15/h4,7-8,11-12,15,17-18H,1-3,5-6,9-10H2. The van der Waals surface area contributed by atoms with Gasteiger partial charge in [-0.15, -0.1) is 0 Å². The zero-order valence-electron chi connectivity index (χ0n) is 12.0. The Labute approximate surface area is 122 Å². The fourth-order valence-corrected chi connectivity index (χ4v) is 3.45. The highest BCUT2D eigenvalue weighted by molar-refractivity contribution is 5.26. The maximum atomic E-state index is 9.34. The SMILES string of the molecule is N#CC(C#N)C(c1ccccc1)C1CCCCCCC1. The summed E-state index contributed by atoms with van der Waals surface area (Å²) in [6.07, 6.45) is 8.69. The lowest BCUT2D eigenvalue weighted by molar-refractivity contribution is 0.305. The monoisotopic (exact) mass is 266 g/mol. The minimum absolute atomic E-state index is 0.0734. The van der Waals surface area contributed by atoms with E-state index in [9.17, 15) is 10.5 Å². The molecular weight excluding hydrogens is 244 g/mol. The first-order chi connectivity index (χ1) is 9.86. The van der Waals surface area contributed by atoms with Crippen LogP contribution in [0.3, 0.4) is 0 Å². The van der Waals surface area contributed by atoms with E-state index in [4.69, 9.17) is 0 Å². The predicted molar refractivity (Wildman–Crippen MR) is 79.7 cm³/mol. The maximum Gasteiger partial charge on any atom is 0.140 e. The molecule has 0 amide bonds. The predicted octanol–water partition coefficient (Wildman–Crippen LogP) is 4.79. The molecule has 0 saturated heterocycles. The van der Waals surface area contributed by atoms with Crippen LogP contribution < -0.4 is 0 Å². The molecule has 0 aromatic heterocycles. The summed E-state index contributed by atoms with van der Waals surface area (Å²) in [4.78, 5) is 0. The summed E-state index contributed by atoms with van der Waals surface area (Å²) in [5.74, 6) is 0.0214. The van der Waals surface area contributed by atoms with E-state index < -0.39 is 5.92 Å². The molecule has 0 heterocycles. The van der Waals surface area contributed by atoms with Gasteiger partial charge in [-0.2, -0.15) is 10.5 Å². The van der Waals surface area contributed by atoms with E-state index in [1.54, 1.807) is 0 Å². The Bertz CT molecular complexity index is 458. The molecule has 1 aromatic rings. The van der Waals surface area contributed by atoms with E-state index in [2.05, 4.69) is 24.3 Å². The summed E-state index contributed by atoms with van der Waals surface area (Å²) in [6, 6.07) is 14.6. The van der Waals surface area contributed by atoms with Crippen LogP contribution >= 0.6 is 0 Å². The lowest BCUT2D eigenvalue weighted by atomic mass is 9.73. The molecule has 1 aliphatic carbocycles. The molecule has 2 rings (SSSR count). The molecule has 0 spiro atoms.